The molecule has 1 heterocycles. The van der Waals surface area contributed by atoms with E-state index in [0.717, 1.165) is 35.7 Å². The van der Waals surface area contributed by atoms with E-state index in [1.807, 2.05) is 44.2 Å². The van der Waals surface area contributed by atoms with Crippen LogP contribution in [0.4, 0.5) is 11.4 Å². The fourth-order valence-corrected chi connectivity index (χ4v) is 3.13. The Morgan fingerprint density at radius 2 is 1.76 bits per heavy atom. The average Bonchev–Trinajstić information content (AvgIpc) is 2.64. The summed E-state index contributed by atoms with van der Waals surface area (Å²) in [6.45, 7) is 6.29. The predicted molar refractivity (Wildman–Crippen MR) is 103 cm³/mol. The lowest BCUT2D eigenvalue weighted by molar-refractivity contribution is -0.118. The minimum atomic E-state index is -0.147. The number of hydrogen-bond donors (Lipinski definition) is 1. The summed E-state index contributed by atoms with van der Waals surface area (Å²) in [4.78, 5) is 14.5. The molecule has 1 aliphatic rings. The third kappa shape index (κ3) is 4.53. The Labute approximate surface area is 149 Å². The van der Waals surface area contributed by atoms with Crippen LogP contribution in [0.3, 0.4) is 0 Å². The number of carbonyl (C=O) groups excluding carboxylic acids is 1. The standard InChI is InChI=1S/C21H26N2O2/c1-16-7-6-8-20(17(16)2)25-15-21(24)22-18-9-11-19(12-10-18)23-13-4-3-5-14-23/h6-12H,3-5,13-15H2,1-2H3,(H,22,24). The van der Waals surface area contributed by atoms with Crippen molar-refractivity contribution in [3.63, 3.8) is 0 Å². The summed E-state index contributed by atoms with van der Waals surface area (Å²) >= 11 is 0. The summed E-state index contributed by atoms with van der Waals surface area (Å²) in [6, 6.07) is 13.9. The van der Waals surface area contributed by atoms with E-state index in [4.69, 9.17) is 4.74 Å². The van der Waals surface area contributed by atoms with Crippen molar-refractivity contribution in [2.24, 2.45) is 0 Å². The summed E-state index contributed by atoms with van der Waals surface area (Å²) < 4.78 is 5.65. The summed E-state index contributed by atoms with van der Waals surface area (Å²) in [5.74, 6) is 0.613. The Morgan fingerprint density at radius 1 is 1.04 bits per heavy atom. The van der Waals surface area contributed by atoms with Crippen LogP contribution < -0.4 is 15.0 Å². The molecular weight excluding hydrogens is 312 g/mol. The molecule has 2 aromatic carbocycles. The van der Waals surface area contributed by atoms with Crippen molar-refractivity contribution in [1.29, 1.82) is 0 Å². The molecule has 0 radical (unpaired) electrons. The smallest absolute Gasteiger partial charge is 0.262 e. The Bertz CT molecular complexity index is 719. The fourth-order valence-electron chi connectivity index (χ4n) is 3.13. The molecule has 2 aromatic rings. The second kappa shape index (κ2) is 8.06. The van der Waals surface area contributed by atoms with Gasteiger partial charge in [0.15, 0.2) is 6.61 Å². The Morgan fingerprint density at radius 3 is 2.48 bits per heavy atom. The third-order valence-electron chi connectivity index (χ3n) is 4.79. The molecular formula is C21H26N2O2. The number of ether oxygens (including phenoxy) is 1. The van der Waals surface area contributed by atoms with Crippen molar-refractivity contribution in [2.75, 3.05) is 29.9 Å². The van der Waals surface area contributed by atoms with Gasteiger partial charge in [0.25, 0.3) is 5.91 Å². The van der Waals surface area contributed by atoms with Gasteiger partial charge in [-0.3, -0.25) is 4.79 Å². The molecule has 0 unspecified atom stereocenters. The van der Waals surface area contributed by atoms with E-state index in [0.29, 0.717) is 0 Å². The van der Waals surface area contributed by atoms with Crippen molar-refractivity contribution in [1.82, 2.24) is 0 Å². The van der Waals surface area contributed by atoms with E-state index < -0.39 is 0 Å². The van der Waals surface area contributed by atoms with Crippen molar-refractivity contribution in [3.8, 4) is 5.75 Å². The largest absolute Gasteiger partial charge is 0.483 e. The van der Waals surface area contributed by atoms with E-state index >= 15 is 0 Å². The molecule has 0 aromatic heterocycles. The van der Waals surface area contributed by atoms with Crippen LogP contribution in [-0.4, -0.2) is 25.6 Å². The minimum absolute atomic E-state index is 0.0121. The molecule has 1 fully saturated rings. The lowest BCUT2D eigenvalue weighted by Crippen LogP contribution is -2.29. The number of nitrogens with zero attached hydrogens (tertiary/aromatic N) is 1. The van der Waals surface area contributed by atoms with Crippen LogP contribution in [0.2, 0.25) is 0 Å². The summed E-state index contributed by atoms with van der Waals surface area (Å²) in [5.41, 5.74) is 4.26. The van der Waals surface area contributed by atoms with Crippen LogP contribution in [0.25, 0.3) is 0 Å². The topological polar surface area (TPSA) is 41.6 Å². The number of benzene rings is 2. The van der Waals surface area contributed by atoms with Crippen LogP contribution >= 0.6 is 0 Å². The first-order valence-electron chi connectivity index (χ1n) is 8.97. The van der Waals surface area contributed by atoms with E-state index in [-0.39, 0.29) is 12.5 Å². The maximum absolute atomic E-state index is 12.1. The number of rotatable bonds is 5. The molecule has 0 spiro atoms. The van der Waals surface area contributed by atoms with Gasteiger partial charge in [0.05, 0.1) is 0 Å². The summed E-state index contributed by atoms with van der Waals surface area (Å²) in [7, 11) is 0. The van der Waals surface area contributed by atoms with Gasteiger partial charge in [-0.15, -0.1) is 0 Å². The van der Waals surface area contributed by atoms with Gasteiger partial charge in [0, 0.05) is 24.5 Å². The van der Waals surface area contributed by atoms with E-state index in [1.165, 1.54) is 24.9 Å². The molecule has 0 saturated carbocycles. The monoisotopic (exact) mass is 338 g/mol. The van der Waals surface area contributed by atoms with Crippen LogP contribution in [0, 0.1) is 13.8 Å². The number of nitrogens with one attached hydrogen (secondary N) is 1. The molecule has 0 bridgehead atoms. The van der Waals surface area contributed by atoms with E-state index in [2.05, 4.69) is 22.3 Å². The number of piperidine rings is 1. The van der Waals surface area contributed by atoms with Gasteiger partial charge in [-0.2, -0.15) is 0 Å². The van der Waals surface area contributed by atoms with Crippen molar-refractivity contribution >= 4 is 17.3 Å². The maximum atomic E-state index is 12.1. The number of hydrogen-bond acceptors (Lipinski definition) is 3. The average molecular weight is 338 g/mol. The maximum Gasteiger partial charge on any atom is 0.262 e. The normalized spacial score (nSPS) is 14.2. The molecule has 0 atom stereocenters. The molecule has 3 rings (SSSR count). The summed E-state index contributed by atoms with van der Waals surface area (Å²) in [6.07, 6.45) is 3.84. The van der Waals surface area contributed by atoms with Gasteiger partial charge in [-0.1, -0.05) is 12.1 Å². The Balaban J connectivity index is 1.53. The molecule has 4 heteroatoms. The summed E-state index contributed by atoms with van der Waals surface area (Å²) in [5, 5.41) is 2.89. The van der Waals surface area contributed by atoms with Gasteiger partial charge >= 0.3 is 0 Å². The van der Waals surface area contributed by atoms with Gasteiger partial charge in [-0.25, -0.2) is 0 Å². The van der Waals surface area contributed by atoms with Gasteiger partial charge in [0.2, 0.25) is 0 Å². The number of carbonyl (C=O) groups is 1. The SMILES string of the molecule is Cc1cccc(OCC(=O)Nc2ccc(N3CCCCC3)cc2)c1C. The fraction of sp³-hybridized carbons (Fsp3) is 0.381. The highest BCUT2D eigenvalue weighted by Gasteiger charge is 2.11. The molecule has 4 nitrogen and oxygen atoms in total. The lowest BCUT2D eigenvalue weighted by atomic mass is 10.1. The Hall–Kier alpha value is -2.49. The van der Waals surface area contributed by atoms with Crippen molar-refractivity contribution in [2.45, 2.75) is 33.1 Å². The third-order valence-corrected chi connectivity index (χ3v) is 4.79. The zero-order chi connectivity index (χ0) is 17.6. The van der Waals surface area contributed by atoms with Gasteiger partial charge in [-0.05, 0) is 74.6 Å². The first-order valence-corrected chi connectivity index (χ1v) is 8.97. The molecule has 1 amide bonds. The minimum Gasteiger partial charge on any atom is -0.483 e. The molecule has 1 saturated heterocycles. The molecule has 1 aliphatic heterocycles. The van der Waals surface area contributed by atoms with Crippen LogP contribution in [0.1, 0.15) is 30.4 Å². The van der Waals surface area contributed by atoms with Gasteiger partial charge in [0.1, 0.15) is 5.75 Å². The van der Waals surface area contributed by atoms with Crippen molar-refractivity contribution < 1.29 is 9.53 Å². The number of aryl methyl sites for hydroxylation is 1. The lowest BCUT2D eigenvalue weighted by Gasteiger charge is -2.28. The quantitative estimate of drug-likeness (QED) is 0.883. The zero-order valence-electron chi connectivity index (χ0n) is 15.0. The highest BCUT2D eigenvalue weighted by atomic mass is 16.5. The van der Waals surface area contributed by atoms with Crippen LogP contribution in [0.15, 0.2) is 42.5 Å². The number of amides is 1. The second-order valence-electron chi connectivity index (χ2n) is 6.63. The van der Waals surface area contributed by atoms with Crippen LogP contribution in [-0.2, 0) is 4.79 Å². The molecule has 25 heavy (non-hydrogen) atoms. The molecule has 0 aliphatic carbocycles. The zero-order valence-corrected chi connectivity index (χ0v) is 15.0. The Kier molecular flexibility index (Phi) is 5.59. The first kappa shape index (κ1) is 17.3. The van der Waals surface area contributed by atoms with Crippen molar-refractivity contribution in [3.05, 3.63) is 53.6 Å². The van der Waals surface area contributed by atoms with Crippen LogP contribution in [0.5, 0.6) is 5.75 Å². The predicted octanol–water partition coefficient (Wildman–Crippen LogP) is 4.31. The first-order chi connectivity index (χ1) is 12.1. The highest BCUT2D eigenvalue weighted by molar-refractivity contribution is 5.92. The molecule has 132 valence electrons. The number of anilines is 2. The van der Waals surface area contributed by atoms with E-state index in [9.17, 15) is 4.79 Å². The van der Waals surface area contributed by atoms with Gasteiger partial charge < -0.3 is 15.0 Å². The molecule has 1 N–H and O–H groups in total. The van der Waals surface area contributed by atoms with E-state index in [1.54, 1.807) is 0 Å². The highest BCUT2D eigenvalue weighted by Crippen LogP contribution is 2.22. The second-order valence-corrected chi connectivity index (χ2v) is 6.63.